The minimum Gasteiger partial charge on any atom is -0.486 e. The van der Waals surface area contributed by atoms with Crippen LogP contribution in [0.3, 0.4) is 0 Å². The number of carbonyl (C=O) groups is 2. The average Bonchev–Trinajstić information content (AvgIpc) is 3.61. The van der Waals surface area contributed by atoms with Crippen molar-refractivity contribution in [1.29, 1.82) is 0 Å². The second-order valence-corrected chi connectivity index (χ2v) is 8.25. The van der Waals surface area contributed by atoms with E-state index >= 15 is 0 Å². The Hall–Kier alpha value is -4.86. The molecule has 0 bridgehead atoms. The lowest BCUT2D eigenvalue weighted by molar-refractivity contribution is 0.0942. The Balaban J connectivity index is 1.21. The van der Waals surface area contributed by atoms with Gasteiger partial charge in [0.2, 0.25) is 0 Å². The molecule has 3 heterocycles. The molecular weight excluding hydrogens is 460 g/mol. The summed E-state index contributed by atoms with van der Waals surface area (Å²) in [6.45, 7) is 0.463. The molecule has 0 aliphatic rings. The van der Waals surface area contributed by atoms with Gasteiger partial charge in [-0.1, -0.05) is 30.3 Å². The highest BCUT2D eigenvalue weighted by molar-refractivity contribution is 6.07. The van der Waals surface area contributed by atoms with Gasteiger partial charge in [0.05, 0.1) is 18.1 Å². The minimum absolute atomic E-state index is 0.0951. The topological polar surface area (TPSA) is 116 Å². The van der Waals surface area contributed by atoms with Gasteiger partial charge in [-0.05, 0) is 35.0 Å². The Morgan fingerprint density at radius 2 is 1.81 bits per heavy atom. The lowest BCUT2D eigenvalue weighted by Gasteiger charge is -2.08. The number of aryl methyl sites for hydroxylation is 2. The second-order valence-electron chi connectivity index (χ2n) is 8.25. The zero-order chi connectivity index (χ0) is 25.1. The number of anilines is 1. The van der Waals surface area contributed by atoms with Crippen molar-refractivity contribution in [1.82, 2.24) is 24.9 Å². The van der Waals surface area contributed by atoms with Gasteiger partial charge >= 0.3 is 0 Å². The van der Waals surface area contributed by atoms with Crippen LogP contribution < -0.4 is 15.4 Å². The summed E-state index contributed by atoms with van der Waals surface area (Å²) in [7, 11) is 3.43. The highest BCUT2D eigenvalue weighted by atomic mass is 16.5. The number of nitrogens with one attached hydrogen (secondary N) is 2. The molecule has 10 heteroatoms. The third kappa shape index (κ3) is 4.97. The Labute approximate surface area is 206 Å². The van der Waals surface area contributed by atoms with E-state index in [1.807, 2.05) is 48.7 Å². The summed E-state index contributed by atoms with van der Waals surface area (Å²) >= 11 is 0. The van der Waals surface area contributed by atoms with Crippen molar-refractivity contribution < 1.29 is 18.7 Å². The monoisotopic (exact) mass is 484 g/mol. The molecule has 3 aromatic heterocycles. The molecule has 0 unspecified atom stereocenters. The quantitative estimate of drug-likeness (QED) is 0.347. The van der Waals surface area contributed by atoms with Crippen LogP contribution in [0.2, 0.25) is 0 Å². The molecule has 0 atom stereocenters. The second kappa shape index (κ2) is 9.79. The molecule has 2 aromatic carbocycles. The van der Waals surface area contributed by atoms with Crippen LogP contribution in [0.4, 0.5) is 5.69 Å². The summed E-state index contributed by atoms with van der Waals surface area (Å²) in [5, 5.41) is 15.9. The van der Waals surface area contributed by atoms with Crippen LogP contribution in [0.5, 0.6) is 5.75 Å². The standard InChI is InChI=1S/C26H24N6O4/c1-31-15-17(13-28-31)12-27-26(34)24-22(14-29-32(24)2)30-25(33)23-10-9-21(36-23)16-35-20-8-7-18-5-3-4-6-19(18)11-20/h3-11,13-15H,12,16H2,1-2H3,(H,27,34)(H,30,33). The molecule has 5 rings (SSSR count). The number of hydrogen-bond acceptors (Lipinski definition) is 6. The van der Waals surface area contributed by atoms with Crippen LogP contribution in [0.15, 0.2) is 77.6 Å². The fourth-order valence-corrected chi connectivity index (χ4v) is 3.80. The van der Waals surface area contributed by atoms with E-state index in [1.165, 1.54) is 10.9 Å². The molecule has 0 aliphatic carbocycles. The highest BCUT2D eigenvalue weighted by Crippen LogP contribution is 2.22. The predicted octanol–water partition coefficient (Wildman–Crippen LogP) is 3.66. The molecule has 0 fully saturated rings. The van der Waals surface area contributed by atoms with Crippen molar-refractivity contribution in [2.75, 3.05) is 5.32 Å². The number of furan rings is 1. The number of ether oxygens (including phenoxy) is 1. The van der Waals surface area contributed by atoms with Crippen LogP contribution in [0.1, 0.15) is 32.4 Å². The van der Waals surface area contributed by atoms with Gasteiger partial charge in [0.25, 0.3) is 11.8 Å². The van der Waals surface area contributed by atoms with Gasteiger partial charge in [-0.2, -0.15) is 10.2 Å². The summed E-state index contributed by atoms with van der Waals surface area (Å²) < 4.78 is 14.6. The fraction of sp³-hybridized carbons (Fsp3) is 0.154. The summed E-state index contributed by atoms with van der Waals surface area (Å²) in [5.74, 6) is 0.416. The Kier molecular flexibility index (Phi) is 6.23. The number of benzene rings is 2. The zero-order valence-corrected chi connectivity index (χ0v) is 19.8. The number of hydrogen-bond donors (Lipinski definition) is 2. The molecule has 0 radical (unpaired) electrons. The van der Waals surface area contributed by atoms with Crippen LogP contribution in [-0.4, -0.2) is 31.4 Å². The van der Waals surface area contributed by atoms with Gasteiger partial charge in [0.1, 0.15) is 23.8 Å². The Morgan fingerprint density at radius 3 is 2.61 bits per heavy atom. The molecule has 10 nitrogen and oxygen atoms in total. The Bertz CT molecular complexity index is 1550. The molecule has 182 valence electrons. The summed E-state index contributed by atoms with van der Waals surface area (Å²) in [6, 6.07) is 17.1. The van der Waals surface area contributed by atoms with Crippen molar-refractivity contribution >= 4 is 28.3 Å². The number of nitrogens with zero attached hydrogens (tertiary/aromatic N) is 4. The molecular formula is C26H24N6O4. The molecule has 0 saturated carbocycles. The maximum absolute atomic E-state index is 12.8. The third-order valence-corrected chi connectivity index (χ3v) is 5.60. The molecule has 0 aliphatic heterocycles. The van der Waals surface area contributed by atoms with Gasteiger partial charge < -0.3 is 19.8 Å². The van der Waals surface area contributed by atoms with Gasteiger partial charge in [0, 0.05) is 32.4 Å². The van der Waals surface area contributed by atoms with Crippen LogP contribution in [0, 0.1) is 0 Å². The largest absolute Gasteiger partial charge is 0.486 e. The van der Waals surface area contributed by atoms with Crippen molar-refractivity contribution in [3.05, 3.63) is 96.0 Å². The average molecular weight is 485 g/mol. The normalized spacial score (nSPS) is 10.9. The van der Waals surface area contributed by atoms with E-state index in [2.05, 4.69) is 20.8 Å². The third-order valence-electron chi connectivity index (χ3n) is 5.60. The van der Waals surface area contributed by atoms with Gasteiger partial charge in [-0.3, -0.25) is 19.0 Å². The first kappa shape index (κ1) is 22.9. The van der Waals surface area contributed by atoms with Gasteiger partial charge in [-0.15, -0.1) is 0 Å². The number of aromatic nitrogens is 4. The number of fused-ring (bicyclic) bond motifs is 1. The van der Waals surface area contributed by atoms with Crippen LogP contribution >= 0.6 is 0 Å². The van der Waals surface area contributed by atoms with E-state index in [1.54, 1.807) is 37.1 Å². The van der Waals surface area contributed by atoms with Crippen molar-refractivity contribution in [2.45, 2.75) is 13.2 Å². The predicted molar refractivity (Wildman–Crippen MR) is 133 cm³/mol. The van der Waals surface area contributed by atoms with E-state index in [0.29, 0.717) is 18.1 Å². The first-order chi connectivity index (χ1) is 17.5. The molecule has 0 spiro atoms. The summed E-state index contributed by atoms with van der Waals surface area (Å²) in [4.78, 5) is 25.5. The van der Waals surface area contributed by atoms with E-state index in [0.717, 1.165) is 16.3 Å². The van der Waals surface area contributed by atoms with E-state index in [4.69, 9.17) is 9.15 Å². The van der Waals surface area contributed by atoms with E-state index < -0.39 is 5.91 Å². The number of rotatable bonds is 8. The van der Waals surface area contributed by atoms with Crippen molar-refractivity contribution in [3.63, 3.8) is 0 Å². The molecule has 0 saturated heterocycles. The smallest absolute Gasteiger partial charge is 0.291 e. The number of amides is 2. The molecule has 2 N–H and O–H groups in total. The van der Waals surface area contributed by atoms with E-state index in [-0.39, 0.29) is 29.7 Å². The summed E-state index contributed by atoms with van der Waals surface area (Å²) in [6.07, 6.45) is 4.90. The lowest BCUT2D eigenvalue weighted by atomic mass is 10.1. The highest BCUT2D eigenvalue weighted by Gasteiger charge is 2.21. The van der Waals surface area contributed by atoms with Crippen molar-refractivity contribution in [3.8, 4) is 5.75 Å². The zero-order valence-electron chi connectivity index (χ0n) is 19.8. The maximum atomic E-state index is 12.8. The SMILES string of the molecule is Cn1cc(CNC(=O)c2c(NC(=O)c3ccc(COc4ccc5ccccc5c4)o3)cnn2C)cn1. The van der Waals surface area contributed by atoms with Gasteiger partial charge in [-0.25, -0.2) is 0 Å². The molecule has 2 amide bonds. The minimum atomic E-state index is -0.499. The summed E-state index contributed by atoms with van der Waals surface area (Å²) in [5.41, 5.74) is 1.35. The maximum Gasteiger partial charge on any atom is 0.291 e. The molecule has 36 heavy (non-hydrogen) atoms. The number of carbonyl (C=O) groups excluding carboxylic acids is 2. The lowest BCUT2D eigenvalue weighted by Crippen LogP contribution is -2.26. The fourth-order valence-electron chi connectivity index (χ4n) is 3.80. The Morgan fingerprint density at radius 1 is 0.972 bits per heavy atom. The van der Waals surface area contributed by atoms with E-state index in [9.17, 15) is 9.59 Å². The van der Waals surface area contributed by atoms with Gasteiger partial charge in [0.15, 0.2) is 5.76 Å². The molecule has 5 aromatic rings. The van der Waals surface area contributed by atoms with Crippen molar-refractivity contribution in [2.24, 2.45) is 14.1 Å². The first-order valence-electron chi connectivity index (χ1n) is 11.3. The first-order valence-corrected chi connectivity index (χ1v) is 11.3. The van der Waals surface area contributed by atoms with Crippen LogP contribution in [0.25, 0.3) is 10.8 Å². The van der Waals surface area contributed by atoms with Crippen LogP contribution in [-0.2, 0) is 27.2 Å².